The van der Waals surface area contributed by atoms with Gasteiger partial charge in [-0.15, -0.1) is 0 Å². The zero-order valence-corrected chi connectivity index (χ0v) is 9.65. The average Bonchev–Trinajstić information content (AvgIpc) is 2.85. The van der Waals surface area contributed by atoms with Crippen molar-refractivity contribution in [3.8, 4) is 6.07 Å². The number of hydrogen-bond donors (Lipinski definition) is 0. The molecule has 0 spiro atoms. The van der Waals surface area contributed by atoms with E-state index in [1.807, 2.05) is 6.07 Å². The molecule has 0 atom stereocenters. The van der Waals surface area contributed by atoms with Crippen molar-refractivity contribution in [3.05, 3.63) is 28.7 Å². The number of halogens is 3. The fraction of sp³-hybridized carbons (Fsp3) is 0.400. The normalized spacial score (nSPS) is 11.5. The Labute approximate surface area is 104 Å². The SMILES string of the molecule is Cc1onc(Cc2nc(CC(F)(F)F)no2)c1C#N. The summed E-state index contributed by atoms with van der Waals surface area (Å²) in [5.74, 6) is -0.183. The smallest absolute Gasteiger partial charge is 0.360 e. The molecule has 0 aliphatic carbocycles. The lowest BCUT2D eigenvalue weighted by Crippen LogP contribution is -2.12. The van der Waals surface area contributed by atoms with Crippen LogP contribution in [0.25, 0.3) is 0 Å². The van der Waals surface area contributed by atoms with Gasteiger partial charge in [0.05, 0.1) is 6.42 Å². The van der Waals surface area contributed by atoms with Gasteiger partial charge in [-0.25, -0.2) is 0 Å². The predicted octanol–water partition coefficient (Wildman–Crippen LogP) is 1.93. The molecule has 0 saturated heterocycles. The summed E-state index contributed by atoms with van der Waals surface area (Å²) < 4.78 is 45.8. The van der Waals surface area contributed by atoms with Gasteiger partial charge in [-0.3, -0.25) is 0 Å². The summed E-state index contributed by atoms with van der Waals surface area (Å²) in [5.41, 5.74) is 0.470. The number of alkyl halides is 3. The van der Waals surface area contributed by atoms with Crippen molar-refractivity contribution in [2.45, 2.75) is 25.9 Å². The quantitative estimate of drug-likeness (QED) is 0.848. The fourth-order valence-electron chi connectivity index (χ4n) is 1.44. The van der Waals surface area contributed by atoms with Gasteiger partial charge in [-0.05, 0) is 6.92 Å². The molecule has 0 saturated carbocycles. The van der Waals surface area contributed by atoms with Crippen LogP contribution in [0, 0.1) is 18.3 Å². The Bertz CT molecular complexity index is 623. The first-order valence-electron chi connectivity index (χ1n) is 5.12. The van der Waals surface area contributed by atoms with Gasteiger partial charge >= 0.3 is 6.18 Å². The van der Waals surface area contributed by atoms with Crippen LogP contribution >= 0.6 is 0 Å². The Morgan fingerprint density at radius 1 is 1.26 bits per heavy atom. The van der Waals surface area contributed by atoms with Crippen LogP contribution in [-0.4, -0.2) is 21.5 Å². The van der Waals surface area contributed by atoms with Crippen LogP contribution in [0.2, 0.25) is 0 Å². The third kappa shape index (κ3) is 3.09. The zero-order chi connectivity index (χ0) is 14.0. The lowest BCUT2D eigenvalue weighted by molar-refractivity contribution is -0.128. The maximum Gasteiger partial charge on any atom is 0.396 e. The van der Waals surface area contributed by atoms with Gasteiger partial charge < -0.3 is 9.05 Å². The molecule has 0 unspecified atom stereocenters. The Hall–Kier alpha value is -2.37. The second-order valence-electron chi connectivity index (χ2n) is 3.75. The van der Waals surface area contributed by atoms with E-state index in [1.54, 1.807) is 6.92 Å². The van der Waals surface area contributed by atoms with Crippen molar-refractivity contribution in [1.82, 2.24) is 15.3 Å². The monoisotopic (exact) mass is 272 g/mol. The van der Waals surface area contributed by atoms with Gasteiger partial charge in [0.2, 0.25) is 5.89 Å². The van der Waals surface area contributed by atoms with Gasteiger partial charge in [-0.2, -0.15) is 23.4 Å². The third-order valence-corrected chi connectivity index (χ3v) is 2.23. The van der Waals surface area contributed by atoms with Crippen molar-refractivity contribution >= 4 is 0 Å². The van der Waals surface area contributed by atoms with Crippen molar-refractivity contribution in [2.75, 3.05) is 0 Å². The second-order valence-corrected chi connectivity index (χ2v) is 3.75. The van der Waals surface area contributed by atoms with Gasteiger partial charge in [0.25, 0.3) is 0 Å². The molecule has 9 heteroatoms. The molecule has 0 aromatic carbocycles. The van der Waals surface area contributed by atoms with Crippen LogP contribution in [0.4, 0.5) is 13.2 Å². The average molecular weight is 272 g/mol. The summed E-state index contributed by atoms with van der Waals surface area (Å²) in [6.45, 7) is 1.55. The molecule has 2 aromatic heterocycles. The first-order chi connectivity index (χ1) is 8.89. The van der Waals surface area contributed by atoms with E-state index in [0.29, 0.717) is 5.76 Å². The molecule has 0 fully saturated rings. The van der Waals surface area contributed by atoms with Gasteiger partial charge in [0.15, 0.2) is 11.6 Å². The standard InChI is InChI=1S/C10H7F3N4O2/c1-5-6(4-14)7(16-18-5)2-9-15-8(17-19-9)3-10(11,12)13/h2-3H2,1H3. The van der Waals surface area contributed by atoms with Gasteiger partial charge in [0.1, 0.15) is 23.7 Å². The van der Waals surface area contributed by atoms with E-state index < -0.39 is 18.4 Å². The van der Waals surface area contributed by atoms with Crippen molar-refractivity contribution in [2.24, 2.45) is 0 Å². The highest BCUT2D eigenvalue weighted by Crippen LogP contribution is 2.20. The summed E-state index contributed by atoms with van der Waals surface area (Å²) in [6.07, 6.45) is -5.71. The van der Waals surface area contributed by atoms with E-state index in [1.165, 1.54) is 0 Å². The maximum absolute atomic E-state index is 12.1. The fourth-order valence-corrected chi connectivity index (χ4v) is 1.44. The highest BCUT2D eigenvalue weighted by Gasteiger charge is 2.30. The summed E-state index contributed by atoms with van der Waals surface area (Å²) >= 11 is 0. The van der Waals surface area contributed by atoms with Crippen molar-refractivity contribution in [1.29, 1.82) is 5.26 Å². The zero-order valence-electron chi connectivity index (χ0n) is 9.65. The molecule has 0 aliphatic rings. The summed E-state index contributed by atoms with van der Waals surface area (Å²) in [6, 6.07) is 1.88. The van der Waals surface area contributed by atoms with E-state index in [2.05, 4.69) is 19.8 Å². The maximum atomic E-state index is 12.1. The van der Waals surface area contributed by atoms with Crippen LogP contribution < -0.4 is 0 Å². The van der Waals surface area contributed by atoms with E-state index in [9.17, 15) is 13.2 Å². The minimum absolute atomic E-state index is 0.0505. The van der Waals surface area contributed by atoms with Crippen LogP contribution in [-0.2, 0) is 12.8 Å². The lowest BCUT2D eigenvalue weighted by atomic mass is 10.2. The third-order valence-electron chi connectivity index (χ3n) is 2.23. The molecular formula is C10H7F3N4O2. The first-order valence-corrected chi connectivity index (χ1v) is 5.12. The molecular weight excluding hydrogens is 265 g/mol. The molecule has 100 valence electrons. The van der Waals surface area contributed by atoms with E-state index >= 15 is 0 Å². The molecule has 0 aliphatic heterocycles. The number of nitrogens with zero attached hydrogens (tertiary/aromatic N) is 4. The van der Waals surface area contributed by atoms with Crippen LogP contribution in [0.3, 0.4) is 0 Å². The largest absolute Gasteiger partial charge is 0.396 e. The van der Waals surface area contributed by atoms with Crippen molar-refractivity contribution < 1.29 is 22.2 Å². The Kier molecular flexibility index (Phi) is 3.25. The van der Waals surface area contributed by atoms with Crippen molar-refractivity contribution in [3.63, 3.8) is 0 Å². The summed E-state index contributed by atoms with van der Waals surface area (Å²) in [7, 11) is 0. The molecule has 0 N–H and O–H groups in total. The van der Waals surface area contributed by atoms with E-state index in [4.69, 9.17) is 9.78 Å². The Balaban J connectivity index is 2.14. The number of aryl methyl sites for hydroxylation is 1. The van der Waals surface area contributed by atoms with E-state index in [-0.39, 0.29) is 23.6 Å². The minimum atomic E-state index is -4.40. The first kappa shape index (κ1) is 13.1. The molecule has 2 rings (SSSR count). The molecule has 0 bridgehead atoms. The van der Waals surface area contributed by atoms with Crippen LogP contribution in [0.15, 0.2) is 9.05 Å². The van der Waals surface area contributed by atoms with Crippen LogP contribution in [0.5, 0.6) is 0 Å². The molecule has 2 aromatic rings. The van der Waals surface area contributed by atoms with Gasteiger partial charge in [-0.1, -0.05) is 10.3 Å². The second kappa shape index (κ2) is 4.72. The van der Waals surface area contributed by atoms with E-state index in [0.717, 1.165) is 0 Å². The predicted molar refractivity (Wildman–Crippen MR) is 52.8 cm³/mol. The van der Waals surface area contributed by atoms with Gasteiger partial charge in [0, 0.05) is 0 Å². The molecule has 2 heterocycles. The number of rotatable bonds is 3. The highest BCUT2D eigenvalue weighted by atomic mass is 19.4. The molecule has 6 nitrogen and oxygen atoms in total. The Morgan fingerprint density at radius 2 is 2.00 bits per heavy atom. The number of nitriles is 1. The number of hydrogen-bond acceptors (Lipinski definition) is 6. The highest BCUT2D eigenvalue weighted by molar-refractivity contribution is 5.36. The summed E-state index contributed by atoms with van der Waals surface area (Å²) in [4.78, 5) is 3.59. The Morgan fingerprint density at radius 3 is 2.63 bits per heavy atom. The number of aromatic nitrogens is 3. The molecule has 0 amide bonds. The lowest BCUT2D eigenvalue weighted by Gasteiger charge is -1.99. The van der Waals surface area contributed by atoms with Crippen LogP contribution in [0.1, 0.15) is 28.7 Å². The minimum Gasteiger partial charge on any atom is -0.360 e. The summed E-state index contributed by atoms with van der Waals surface area (Å²) in [5, 5.41) is 15.7. The topological polar surface area (TPSA) is 88.7 Å². The molecule has 0 radical (unpaired) electrons. The molecule has 19 heavy (non-hydrogen) atoms.